The zero-order chi connectivity index (χ0) is 30.6. The second-order valence-electron chi connectivity index (χ2n) is 12.1. The summed E-state index contributed by atoms with van der Waals surface area (Å²) in [7, 11) is 0. The third-order valence-electron chi connectivity index (χ3n) is 7.65. The molecule has 0 aliphatic carbocycles. The maximum Gasteiger partial charge on any atom is 0.246 e. The molecule has 4 rings (SSSR count). The third kappa shape index (κ3) is 7.42. The van der Waals surface area contributed by atoms with Crippen molar-refractivity contribution in [1.82, 2.24) is 20.5 Å². The van der Waals surface area contributed by atoms with Gasteiger partial charge >= 0.3 is 0 Å². The number of amides is 3. The van der Waals surface area contributed by atoms with Crippen LogP contribution in [0.1, 0.15) is 62.5 Å². The summed E-state index contributed by atoms with van der Waals surface area (Å²) in [5, 5.41) is 16.4. The van der Waals surface area contributed by atoms with Crippen molar-refractivity contribution in [2.24, 2.45) is 11.1 Å². The molecule has 1 aliphatic rings. The van der Waals surface area contributed by atoms with E-state index in [1.165, 1.54) is 4.90 Å². The van der Waals surface area contributed by atoms with E-state index in [9.17, 15) is 19.5 Å². The number of carbonyl (C=O) groups excluding carboxylic acids is 3. The van der Waals surface area contributed by atoms with E-state index in [1.807, 2.05) is 88.7 Å². The number of aliphatic hydroxyl groups excluding tert-OH is 1. The van der Waals surface area contributed by atoms with Crippen molar-refractivity contribution in [1.29, 1.82) is 0 Å². The Labute approximate surface area is 251 Å². The number of hydrogen-bond acceptors (Lipinski definition) is 7. The van der Waals surface area contributed by atoms with Gasteiger partial charge in [-0.3, -0.25) is 14.4 Å². The summed E-state index contributed by atoms with van der Waals surface area (Å²) in [4.78, 5) is 47.2. The first kappa shape index (κ1) is 31.3. The Balaban J connectivity index is 1.44. The molecule has 1 aromatic heterocycles. The van der Waals surface area contributed by atoms with Crippen LogP contribution in [0.4, 0.5) is 0 Å². The highest BCUT2D eigenvalue weighted by Crippen LogP contribution is 2.29. The molecule has 0 spiro atoms. The predicted octanol–water partition coefficient (Wildman–Crippen LogP) is 3.49. The molecule has 1 fully saturated rings. The van der Waals surface area contributed by atoms with Gasteiger partial charge in [-0.2, -0.15) is 0 Å². The average molecular weight is 592 g/mol. The first-order valence-electron chi connectivity index (χ1n) is 14.2. The van der Waals surface area contributed by atoms with E-state index in [0.717, 1.165) is 32.8 Å². The Morgan fingerprint density at radius 3 is 2.43 bits per heavy atom. The molecule has 1 saturated heterocycles. The molecule has 4 atom stereocenters. The van der Waals surface area contributed by atoms with E-state index in [1.54, 1.807) is 11.3 Å². The Morgan fingerprint density at radius 1 is 1.12 bits per heavy atom. The van der Waals surface area contributed by atoms with Gasteiger partial charge in [0, 0.05) is 19.5 Å². The Bertz CT molecular complexity index is 1410. The van der Waals surface area contributed by atoms with E-state index in [0.29, 0.717) is 6.54 Å². The number of β-amino-alcohol motifs (C(OH)–C–C–N with tert-alkyl or cyclic N) is 1. The van der Waals surface area contributed by atoms with Gasteiger partial charge in [0.1, 0.15) is 12.1 Å². The van der Waals surface area contributed by atoms with Crippen LogP contribution in [-0.2, 0) is 27.3 Å². The predicted molar refractivity (Wildman–Crippen MR) is 164 cm³/mol. The average Bonchev–Trinajstić information content (AvgIpc) is 3.56. The van der Waals surface area contributed by atoms with E-state index < -0.39 is 23.6 Å². The number of nitrogens with zero attached hydrogens (tertiary/aromatic N) is 2. The van der Waals surface area contributed by atoms with Crippen molar-refractivity contribution in [3.05, 3.63) is 76.4 Å². The Morgan fingerprint density at radius 2 is 1.81 bits per heavy atom. The molecule has 42 heavy (non-hydrogen) atoms. The summed E-state index contributed by atoms with van der Waals surface area (Å²) < 4.78 is 0. The number of nitrogens with two attached hydrogens (primary N) is 1. The van der Waals surface area contributed by atoms with Crippen LogP contribution in [0.3, 0.4) is 0 Å². The number of aromatic nitrogens is 1. The fourth-order valence-corrected chi connectivity index (χ4v) is 6.09. The summed E-state index contributed by atoms with van der Waals surface area (Å²) in [6.45, 7) is 9.86. The number of hydrogen-bond donors (Lipinski definition) is 4. The molecule has 0 radical (unpaired) electrons. The number of aliphatic hydroxyl groups is 1. The molecule has 2 heterocycles. The van der Waals surface area contributed by atoms with Crippen LogP contribution < -0.4 is 16.4 Å². The fourth-order valence-electron chi connectivity index (χ4n) is 5.28. The van der Waals surface area contributed by atoms with Crippen LogP contribution in [-0.4, -0.2) is 57.4 Å². The topological polar surface area (TPSA) is 138 Å². The summed E-state index contributed by atoms with van der Waals surface area (Å²) >= 11 is 1.58. The zero-order valence-corrected chi connectivity index (χ0v) is 25.7. The van der Waals surface area contributed by atoms with E-state index in [2.05, 4.69) is 15.6 Å². The second kappa shape index (κ2) is 13.1. The number of rotatable bonds is 9. The standard InChI is InChI=1S/C32H41N5O4S/c1-19(23-9-11-24(12-10-23)28-20(2)34-18-42-28)35-30(40)26-15-25(38)17-37(26)31(41)29(32(3,4)5)36-27(39)14-21-7-6-8-22(13-21)16-33/h6-13,18-19,25-26,29,38H,14-17,33H2,1-5H3,(H,35,40)(H,36,39)/t19-,25+,26-,29+/m0/s1. The van der Waals surface area contributed by atoms with Crippen LogP contribution >= 0.6 is 11.3 Å². The fraction of sp³-hybridized carbons (Fsp3) is 0.438. The third-order valence-corrected chi connectivity index (χ3v) is 8.63. The van der Waals surface area contributed by atoms with Gasteiger partial charge in [-0.1, -0.05) is 69.3 Å². The molecule has 3 aromatic rings. The van der Waals surface area contributed by atoms with Crippen LogP contribution in [0.2, 0.25) is 0 Å². The SMILES string of the molecule is Cc1ncsc1-c1ccc([C@H](C)NC(=O)[C@@H]2C[C@@H](O)CN2C(=O)[C@@H](NC(=O)Cc2cccc(CN)c2)C(C)(C)C)cc1. The normalized spacial score (nSPS) is 18.4. The Hall–Kier alpha value is -3.60. The molecular formula is C32H41N5O4S. The minimum atomic E-state index is -0.886. The first-order chi connectivity index (χ1) is 19.9. The smallest absolute Gasteiger partial charge is 0.246 e. The molecule has 0 saturated carbocycles. The number of likely N-dealkylation sites (tertiary alicyclic amines) is 1. The molecule has 1 aliphatic heterocycles. The molecule has 5 N–H and O–H groups in total. The highest BCUT2D eigenvalue weighted by molar-refractivity contribution is 7.13. The maximum absolute atomic E-state index is 13.9. The Kier molecular flexibility index (Phi) is 9.81. The van der Waals surface area contributed by atoms with E-state index >= 15 is 0 Å². The molecule has 10 heteroatoms. The number of aryl methyl sites for hydroxylation is 1. The van der Waals surface area contributed by atoms with Gasteiger partial charge in [0.25, 0.3) is 0 Å². The van der Waals surface area contributed by atoms with Crippen molar-refractivity contribution in [3.8, 4) is 10.4 Å². The van der Waals surface area contributed by atoms with Crippen LogP contribution in [0.25, 0.3) is 10.4 Å². The largest absolute Gasteiger partial charge is 0.391 e. The number of benzene rings is 2. The lowest BCUT2D eigenvalue weighted by Gasteiger charge is -2.35. The van der Waals surface area contributed by atoms with Crippen molar-refractivity contribution >= 4 is 29.1 Å². The summed E-state index contributed by atoms with van der Waals surface area (Å²) in [6, 6.07) is 13.4. The molecule has 3 amide bonds. The second-order valence-corrected chi connectivity index (χ2v) is 12.9. The highest BCUT2D eigenvalue weighted by Gasteiger charge is 2.44. The molecule has 0 unspecified atom stereocenters. The first-order valence-corrected chi connectivity index (χ1v) is 15.1. The lowest BCUT2D eigenvalue weighted by molar-refractivity contribution is -0.144. The van der Waals surface area contributed by atoms with E-state index in [-0.39, 0.29) is 43.1 Å². The van der Waals surface area contributed by atoms with Gasteiger partial charge in [0.15, 0.2) is 0 Å². The van der Waals surface area contributed by atoms with Gasteiger partial charge in [-0.25, -0.2) is 4.98 Å². The van der Waals surface area contributed by atoms with Gasteiger partial charge in [-0.15, -0.1) is 11.3 Å². The van der Waals surface area contributed by atoms with Crippen LogP contribution in [0.15, 0.2) is 54.0 Å². The van der Waals surface area contributed by atoms with Crippen LogP contribution in [0, 0.1) is 12.3 Å². The lowest BCUT2D eigenvalue weighted by atomic mass is 9.85. The van der Waals surface area contributed by atoms with Gasteiger partial charge in [-0.05, 0) is 41.5 Å². The lowest BCUT2D eigenvalue weighted by Crippen LogP contribution is -2.58. The van der Waals surface area contributed by atoms with Gasteiger partial charge in [0.05, 0.1) is 34.6 Å². The molecule has 224 valence electrons. The van der Waals surface area contributed by atoms with Crippen molar-refractivity contribution in [2.45, 2.75) is 78.2 Å². The minimum Gasteiger partial charge on any atom is -0.391 e. The number of carbonyl (C=O) groups is 3. The maximum atomic E-state index is 13.9. The summed E-state index contributed by atoms with van der Waals surface area (Å²) in [5.74, 6) is -1.03. The molecule has 9 nitrogen and oxygen atoms in total. The van der Waals surface area contributed by atoms with Crippen molar-refractivity contribution in [2.75, 3.05) is 6.54 Å². The number of nitrogens with one attached hydrogen (secondary N) is 2. The summed E-state index contributed by atoms with van der Waals surface area (Å²) in [6.07, 6.45) is -0.610. The highest BCUT2D eigenvalue weighted by atomic mass is 32.1. The molecule has 2 aromatic carbocycles. The quantitative estimate of drug-likeness (QED) is 0.301. The van der Waals surface area contributed by atoms with Gasteiger partial charge in [0.2, 0.25) is 17.7 Å². The van der Waals surface area contributed by atoms with Crippen LogP contribution in [0.5, 0.6) is 0 Å². The number of thiazole rings is 1. The molecular weight excluding hydrogens is 550 g/mol. The van der Waals surface area contributed by atoms with E-state index in [4.69, 9.17) is 5.73 Å². The molecule has 0 bridgehead atoms. The van der Waals surface area contributed by atoms with Gasteiger partial charge < -0.3 is 26.4 Å². The van der Waals surface area contributed by atoms with Crippen molar-refractivity contribution in [3.63, 3.8) is 0 Å². The summed E-state index contributed by atoms with van der Waals surface area (Å²) in [5.41, 5.74) is 11.6. The zero-order valence-electron chi connectivity index (χ0n) is 24.9. The minimum absolute atomic E-state index is 0.0230. The monoisotopic (exact) mass is 591 g/mol. The van der Waals surface area contributed by atoms with Crippen molar-refractivity contribution < 1.29 is 19.5 Å².